The Hall–Kier alpha value is -2.81. The lowest BCUT2D eigenvalue weighted by Gasteiger charge is -2.08. The molecule has 21 heavy (non-hydrogen) atoms. The van der Waals surface area contributed by atoms with Crippen LogP contribution in [0.5, 0.6) is 0 Å². The average Bonchev–Trinajstić information content (AvgIpc) is 2.91. The van der Waals surface area contributed by atoms with Crippen LogP contribution in [0.25, 0.3) is 0 Å². The number of thiazole rings is 1. The molecule has 2 heterocycles. The second-order valence-electron chi connectivity index (χ2n) is 3.81. The van der Waals surface area contributed by atoms with Crippen molar-refractivity contribution in [3.8, 4) is 0 Å². The van der Waals surface area contributed by atoms with Crippen LogP contribution in [0.3, 0.4) is 0 Å². The number of anilines is 2. The van der Waals surface area contributed by atoms with E-state index in [-0.39, 0.29) is 11.4 Å². The highest BCUT2D eigenvalue weighted by Gasteiger charge is 2.16. The Balaban J connectivity index is 2.14. The van der Waals surface area contributed by atoms with Crippen molar-refractivity contribution in [2.24, 2.45) is 0 Å². The van der Waals surface area contributed by atoms with E-state index < -0.39 is 24.2 Å². The summed E-state index contributed by atoms with van der Waals surface area (Å²) >= 11 is 1.24. The third-order valence-electron chi connectivity index (χ3n) is 2.26. The van der Waals surface area contributed by atoms with Gasteiger partial charge in [-0.25, -0.2) is 9.97 Å². The molecule has 8 nitrogen and oxygen atoms in total. The summed E-state index contributed by atoms with van der Waals surface area (Å²) in [5.74, 6) is -2.54. The molecule has 0 saturated heterocycles. The van der Waals surface area contributed by atoms with Crippen LogP contribution in [0.2, 0.25) is 0 Å². The fourth-order valence-electron chi connectivity index (χ4n) is 1.46. The largest absolute Gasteiger partial charge is 0.481 e. The maximum absolute atomic E-state index is 12.1. The number of carboxylic acids is 1. The van der Waals surface area contributed by atoms with Crippen molar-refractivity contribution < 1.29 is 19.5 Å². The van der Waals surface area contributed by atoms with Gasteiger partial charge >= 0.3 is 5.97 Å². The molecule has 9 heteroatoms. The van der Waals surface area contributed by atoms with Crippen LogP contribution in [0.4, 0.5) is 10.8 Å². The Morgan fingerprint density at radius 2 is 2.00 bits per heavy atom. The number of hydrogen-bond acceptors (Lipinski definition) is 6. The van der Waals surface area contributed by atoms with Gasteiger partial charge in [-0.05, 0) is 12.1 Å². The van der Waals surface area contributed by atoms with Gasteiger partial charge in [0.25, 0.3) is 5.91 Å². The number of nitrogens with one attached hydrogen (secondary N) is 2. The number of amides is 2. The molecule has 2 amide bonds. The molecule has 3 N–H and O–H groups in total. The molecule has 0 bridgehead atoms. The minimum atomic E-state index is -1.26. The summed E-state index contributed by atoms with van der Waals surface area (Å²) in [6.45, 7) is 0. The van der Waals surface area contributed by atoms with E-state index in [1.165, 1.54) is 35.9 Å². The minimum absolute atomic E-state index is 0.0218. The van der Waals surface area contributed by atoms with Crippen molar-refractivity contribution in [1.82, 2.24) is 9.97 Å². The second-order valence-corrected chi connectivity index (χ2v) is 4.70. The van der Waals surface area contributed by atoms with E-state index in [1.807, 2.05) is 0 Å². The van der Waals surface area contributed by atoms with Gasteiger partial charge in [0.1, 0.15) is 6.42 Å². The van der Waals surface area contributed by atoms with Crippen molar-refractivity contribution in [3.05, 3.63) is 35.6 Å². The maximum Gasteiger partial charge on any atom is 0.312 e. The third kappa shape index (κ3) is 4.08. The van der Waals surface area contributed by atoms with Crippen LogP contribution in [-0.2, 0) is 9.59 Å². The lowest BCUT2D eigenvalue weighted by Crippen LogP contribution is -2.21. The van der Waals surface area contributed by atoms with Gasteiger partial charge in [-0.15, -0.1) is 11.3 Å². The molecule has 0 fully saturated rings. The Morgan fingerprint density at radius 1 is 1.19 bits per heavy atom. The van der Waals surface area contributed by atoms with E-state index in [4.69, 9.17) is 5.11 Å². The van der Waals surface area contributed by atoms with Gasteiger partial charge in [0.05, 0.1) is 5.69 Å². The number of nitrogens with zero attached hydrogens (tertiary/aromatic N) is 2. The van der Waals surface area contributed by atoms with Crippen LogP contribution < -0.4 is 10.6 Å². The van der Waals surface area contributed by atoms with E-state index in [1.54, 1.807) is 5.38 Å². The summed E-state index contributed by atoms with van der Waals surface area (Å²) in [6, 6.07) is 2.99. The molecule has 0 unspecified atom stereocenters. The molecule has 0 aromatic carbocycles. The highest BCUT2D eigenvalue weighted by Crippen LogP contribution is 2.16. The van der Waals surface area contributed by atoms with Crippen molar-refractivity contribution in [2.45, 2.75) is 6.42 Å². The van der Waals surface area contributed by atoms with Crippen LogP contribution in [0.1, 0.15) is 16.9 Å². The standard InChI is InChI=1S/C12H10N4O4S/c17-8(6-9(18)19)15-7-2-1-3-13-10(7)11(20)16-12-14-4-5-21-12/h1-5H,6H2,(H,15,17)(H,18,19)(H,14,16,20). The van der Waals surface area contributed by atoms with E-state index in [0.29, 0.717) is 5.13 Å². The van der Waals surface area contributed by atoms with Gasteiger partial charge in [0.2, 0.25) is 5.91 Å². The Labute approximate surface area is 122 Å². The molecular weight excluding hydrogens is 296 g/mol. The molecule has 2 aromatic rings. The van der Waals surface area contributed by atoms with E-state index in [2.05, 4.69) is 20.6 Å². The summed E-state index contributed by atoms with van der Waals surface area (Å²) in [5, 5.41) is 15.5. The molecule has 2 rings (SSSR count). The second kappa shape index (κ2) is 6.57. The molecule has 0 saturated carbocycles. The first-order valence-corrected chi connectivity index (χ1v) is 6.61. The van der Waals surface area contributed by atoms with Crippen LogP contribution >= 0.6 is 11.3 Å². The fraction of sp³-hybridized carbons (Fsp3) is 0.0833. The average molecular weight is 306 g/mol. The quantitative estimate of drug-likeness (QED) is 0.714. The van der Waals surface area contributed by atoms with Gasteiger partial charge in [-0.2, -0.15) is 0 Å². The van der Waals surface area contributed by atoms with Crippen LogP contribution in [0.15, 0.2) is 29.9 Å². The number of pyridine rings is 1. The van der Waals surface area contributed by atoms with Gasteiger partial charge in [-0.1, -0.05) is 0 Å². The number of carbonyl (C=O) groups excluding carboxylic acids is 2. The van der Waals surface area contributed by atoms with Crippen molar-refractivity contribution in [3.63, 3.8) is 0 Å². The first kappa shape index (κ1) is 14.6. The van der Waals surface area contributed by atoms with E-state index >= 15 is 0 Å². The number of aromatic nitrogens is 2. The molecule has 0 aliphatic rings. The van der Waals surface area contributed by atoms with Gasteiger partial charge in [-0.3, -0.25) is 19.7 Å². The minimum Gasteiger partial charge on any atom is -0.481 e. The molecule has 0 atom stereocenters. The van der Waals surface area contributed by atoms with Gasteiger partial charge in [0, 0.05) is 17.8 Å². The number of aliphatic carboxylic acids is 1. The molecule has 2 aromatic heterocycles. The summed E-state index contributed by atoms with van der Waals surface area (Å²) in [5.41, 5.74) is 0.115. The topological polar surface area (TPSA) is 121 Å². The van der Waals surface area contributed by atoms with Crippen molar-refractivity contribution in [1.29, 1.82) is 0 Å². The highest BCUT2D eigenvalue weighted by molar-refractivity contribution is 7.13. The van der Waals surface area contributed by atoms with Crippen LogP contribution in [0, 0.1) is 0 Å². The van der Waals surface area contributed by atoms with Gasteiger partial charge in [0.15, 0.2) is 10.8 Å². The summed E-state index contributed by atoms with van der Waals surface area (Å²) in [6.07, 6.45) is 2.24. The summed E-state index contributed by atoms with van der Waals surface area (Å²) < 4.78 is 0. The summed E-state index contributed by atoms with van der Waals surface area (Å²) in [4.78, 5) is 41.8. The lowest BCUT2D eigenvalue weighted by atomic mass is 10.2. The molecule has 0 aliphatic carbocycles. The first-order chi connectivity index (χ1) is 10.1. The number of rotatable bonds is 5. The SMILES string of the molecule is O=C(O)CC(=O)Nc1cccnc1C(=O)Nc1nccs1. The summed E-state index contributed by atoms with van der Waals surface area (Å²) in [7, 11) is 0. The zero-order valence-electron chi connectivity index (χ0n) is 10.6. The van der Waals surface area contributed by atoms with E-state index in [0.717, 1.165) is 0 Å². The number of hydrogen-bond donors (Lipinski definition) is 3. The molecule has 108 valence electrons. The molecular formula is C12H10N4O4S. The predicted molar refractivity (Wildman–Crippen MR) is 75.2 cm³/mol. The van der Waals surface area contributed by atoms with Crippen LogP contribution in [-0.4, -0.2) is 32.9 Å². The fourth-order valence-corrected chi connectivity index (χ4v) is 1.98. The normalized spacial score (nSPS) is 9.90. The third-order valence-corrected chi connectivity index (χ3v) is 2.95. The maximum atomic E-state index is 12.1. The Bertz CT molecular complexity index is 672. The molecule has 0 spiro atoms. The van der Waals surface area contributed by atoms with Gasteiger partial charge < -0.3 is 10.4 Å². The zero-order chi connectivity index (χ0) is 15.2. The number of carbonyl (C=O) groups is 3. The first-order valence-electron chi connectivity index (χ1n) is 5.74. The lowest BCUT2D eigenvalue weighted by molar-refractivity contribution is -0.139. The predicted octanol–water partition coefficient (Wildman–Crippen LogP) is 1.20. The number of carboxylic acid groups (broad SMARTS) is 1. The highest BCUT2D eigenvalue weighted by atomic mass is 32.1. The smallest absolute Gasteiger partial charge is 0.312 e. The monoisotopic (exact) mass is 306 g/mol. The molecule has 0 radical (unpaired) electrons. The van der Waals surface area contributed by atoms with E-state index in [9.17, 15) is 14.4 Å². The Kier molecular flexibility index (Phi) is 4.57. The Morgan fingerprint density at radius 3 is 2.67 bits per heavy atom. The molecule has 0 aliphatic heterocycles. The van der Waals surface area contributed by atoms with Crippen molar-refractivity contribution in [2.75, 3.05) is 10.6 Å². The zero-order valence-corrected chi connectivity index (χ0v) is 11.4. The van der Waals surface area contributed by atoms with Crippen molar-refractivity contribution >= 4 is 39.9 Å².